The van der Waals surface area contributed by atoms with Gasteiger partial charge in [-0.2, -0.15) is 0 Å². The van der Waals surface area contributed by atoms with Crippen molar-refractivity contribution in [2.24, 2.45) is 0 Å². The molecule has 0 aliphatic carbocycles. The third kappa shape index (κ3) is 2.61. The molecule has 0 fully saturated rings. The summed E-state index contributed by atoms with van der Waals surface area (Å²) >= 11 is 13.6. The molecule has 0 atom stereocenters. The highest BCUT2D eigenvalue weighted by molar-refractivity contribution is 7.45. The Morgan fingerprint density at radius 1 is 0.950 bits per heavy atom. The van der Waals surface area contributed by atoms with E-state index in [1.807, 2.05) is 6.07 Å². The first-order chi connectivity index (χ1) is 8.97. The standard InChI is InChI=1S/C13H23BCl2N2Si2/c1-19(2,3)17-13(12-10-8-7-9-11-12)18(14(17,15)16)20(4,5)6/h7-11H,1-6H3. The van der Waals surface area contributed by atoms with Crippen LogP contribution in [0, 0.1) is 0 Å². The molecule has 0 N–H and O–H groups in total. The van der Waals surface area contributed by atoms with Gasteiger partial charge in [0.1, 0.15) is 0 Å². The van der Waals surface area contributed by atoms with Gasteiger partial charge in [0.25, 0.3) is 0 Å². The molecule has 1 aromatic rings. The van der Waals surface area contributed by atoms with Crippen molar-refractivity contribution in [3.63, 3.8) is 0 Å². The Bertz CT molecular complexity index is 548. The van der Waals surface area contributed by atoms with Gasteiger partial charge >= 0.3 is 5.25 Å². The van der Waals surface area contributed by atoms with Crippen LogP contribution in [0.15, 0.2) is 30.3 Å². The Morgan fingerprint density at radius 2 is 1.45 bits per heavy atom. The van der Waals surface area contributed by atoms with Crippen molar-refractivity contribution in [2.75, 3.05) is 0 Å². The van der Waals surface area contributed by atoms with Crippen LogP contribution < -0.4 is 0 Å². The second-order valence-corrected chi connectivity index (χ2v) is 18.4. The van der Waals surface area contributed by atoms with Crippen LogP contribution in [-0.2, 0) is 0 Å². The molecule has 0 saturated heterocycles. The summed E-state index contributed by atoms with van der Waals surface area (Å²) in [6, 6.07) is 10.5. The fraction of sp³-hybridized carbons (Fsp3) is 0.462. The molecule has 1 aliphatic heterocycles. The fourth-order valence-corrected chi connectivity index (χ4v) is 10.8. The van der Waals surface area contributed by atoms with Crippen molar-refractivity contribution in [1.29, 1.82) is 0 Å². The fourth-order valence-electron chi connectivity index (χ4n) is 2.90. The lowest BCUT2D eigenvalue weighted by molar-refractivity contribution is -0.278. The maximum absolute atomic E-state index is 6.78. The predicted octanol–water partition coefficient (Wildman–Crippen LogP) is 4.34. The van der Waals surface area contributed by atoms with Crippen molar-refractivity contribution < 1.29 is 4.15 Å². The van der Waals surface area contributed by atoms with Gasteiger partial charge in [-0.05, 0) is 51.4 Å². The molecule has 1 aliphatic rings. The summed E-state index contributed by atoms with van der Waals surface area (Å²) in [5.41, 5.74) is 1.22. The number of rotatable bonds is 3. The first kappa shape index (κ1) is 16.1. The topological polar surface area (TPSA) is 6.25 Å². The molecule has 2 nitrogen and oxygen atoms in total. The minimum Gasteiger partial charge on any atom is -0.446 e. The zero-order chi connectivity index (χ0) is 15.3. The first-order valence-electron chi connectivity index (χ1n) is 7.01. The lowest BCUT2D eigenvalue weighted by Gasteiger charge is -2.59. The first-order valence-corrected chi connectivity index (χ1v) is 14.8. The monoisotopic (exact) mass is 344 g/mol. The van der Waals surface area contributed by atoms with E-state index < -0.39 is 21.7 Å². The Balaban J connectivity index is 2.67. The molecule has 0 spiro atoms. The van der Waals surface area contributed by atoms with Crippen LogP contribution in [0.1, 0.15) is 5.56 Å². The summed E-state index contributed by atoms with van der Waals surface area (Å²) in [4.78, 5) is 0. The molecule has 0 unspecified atom stereocenters. The third-order valence-electron chi connectivity index (χ3n) is 3.56. The highest BCUT2D eigenvalue weighted by atomic mass is 35.5. The van der Waals surface area contributed by atoms with Gasteiger partial charge in [-0.15, -0.1) is 0 Å². The number of hydrogen-bond acceptors (Lipinski definition) is 1. The lowest BCUT2D eigenvalue weighted by Crippen LogP contribution is -2.80. The largest absolute Gasteiger partial charge is 0.521 e. The molecule has 0 saturated carbocycles. The Kier molecular flexibility index (Phi) is 3.96. The Morgan fingerprint density at radius 3 is 1.85 bits per heavy atom. The highest BCUT2D eigenvalue weighted by Crippen LogP contribution is 2.40. The van der Waals surface area contributed by atoms with Crippen LogP contribution in [0.3, 0.4) is 0 Å². The average Bonchev–Trinajstić information content (AvgIpc) is 2.23. The Labute approximate surface area is 134 Å². The summed E-state index contributed by atoms with van der Waals surface area (Å²) in [5, 5.41) is -1.63. The minimum absolute atomic E-state index is 1.22. The molecule has 0 radical (unpaired) electrons. The van der Waals surface area contributed by atoms with Crippen molar-refractivity contribution in [3.8, 4) is 0 Å². The number of nitrogens with zero attached hydrogens (tertiary/aromatic N) is 2. The van der Waals surface area contributed by atoms with Crippen LogP contribution >= 0.6 is 22.9 Å². The van der Waals surface area contributed by atoms with E-state index in [1.165, 1.54) is 11.4 Å². The van der Waals surface area contributed by atoms with E-state index in [-0.39, 0.29) is 0 Å². The minimum atomic E-state index is -1.63. The SMILES string of the molecule is C[Si](C)(C)N1C(c2ccccc2)=[N+]([Si](C)(C)C)[B-]1(Cl)Cl. The highest BCUT2D eigenvalue weighted by Gasteiger charge is 2.60. The van der Waals surface area contributed by atoms with Gasteiger partial charge in [0.05, 0.1) is 5.56 Å². The molecular formula is C13H23BCl2N2Si2. The van der Waals surface area contributed by atoms with Crippen molar-refractivity contribution in [2.45, 2.75) is 39.3 Å². The van der Waals surface area contributed by atoms with Gasteiger partial charge < -0.3 is 8.63 Å². The van der Waals surface area contributed by atoms with E-state index in [0.29, 0.717) is 0 Å². The zero-order valence-electron chi connectivity index (χ0n) is 13.1. The molecule has 0 bridgehead atoms. The van der Waals surface area contributed by atoms with Crippen LogP contribution in [0.4, 0.5) is 0 Å². The Hall–Kier alpha value is -0.231. The van der Waals surface area contributed by atoms with E-state index in [2.05, 4.69) is 72.2 Å². The quantitative estimate of drug-likeness (QED) is 0.739. The van der Waals surface area contributed by atoms with Gasteiger partial charge in [0, 0.05) is 0 Å². The summed E-state index contributed by atoms with van der Waals surface area (Å²) in [5.74, 6) is 1.23. The van der Waals surface area contributed by atoms with Gasteiger partial charge in [-0.1, -0.05) is 18.2 Å². The van der Waals surface area contributed by atoms with E-state index >= 15 is 0 Å². The molecule has 1 aromatic carbocycles. The third-order valence-corrected chi connectivity index (χ3v) is 9.05. The van der Waals surface area contributed by atoms with E-state index in [9.17, 15) is 0 Å². The molecule has 7 heteroatoms. The number of hydrogen-bond donors (Lipinski definition) is 0. The second kappa shape index (κ2) is 4.90. The maximum atomic E-state index is 6.78. The predicted molar refractivity (Wildman–Crippen MR) is 96.8 cm³/mol. The van der Waals surface area contributed by atoms with E-state index in [4.69, 9.17) is 22.9 Å². The second-order valence-electron chi connectivity index (χ2n) is 7.36. The van der Waals surface area contributed by atoms with Crippen molar-refractivity contribution in [3.05, 3.63) is 35.9 Å². The summed E-state index contributed by atoms with van der Waals surface area (Å²) in [7, 11) is -3.27. The molecule has 2 rings (SSSR count). The summed E-state index contributed by atoms with van der Waals surface area (Å²) < 4.78 is 4.62. The zero-order valence-corrected chi connectivity index (χ0v) is 16.6. The molecule has 1 heterocycles. The van der Waals surface area contributed by atoms with Gasteiger partial charge in [-0.25, -0.2) is 0 Å². The molecule has 0 aromatic heterocycles. The number of halogens is 2. The van der Waals surface area contributed by atoms with E-state index in [0.717, 1.165) is 0 Å². The van der Waals surface area contributed by atoms with Crippen LogP contribution in [0.25, 0.3) is 0 Å². The summed E-state index contributed by atoms with van der Waals surface area (Å²) in [6.45, 7) is 13.7. The molecule has 110 valence electrons. The van der Waals surface area contributed by atoms with Crippen molar-refractivity contribution >= 4 is 50.5 Å². The van der Waals surface area contributed by atoms with E-state index in [1.54, 1.807) is 0 Å². The molecular weight excluding hydrogens is 322 g/mol. The number of benzene rings is 1. The van der Waals surface area contributed by atoms with Gasteiger partial charge in [0.15, 0.2) is 5.84 Å². The van der Waals surface area contributed by atoms with Crippen molar-refractivity contribution in [1.82, 2.24) is 4.48 Å². The molecule has 0 amide bonds. The average molecular weight is 345 g/mol. The number of amidine groups is 1. The summed E-state index contributed by atoms with van der Waals surface area (Å²) in [6.07, 6.45) is 0. The van der Waals surface area contributed by atoms with Crippen LogP contribution in [0.5, 0.6) is 0 Å². The van der Waals surface area contributed by atoms with Gasteiger partial charge in [0.2, 0.25) is 16.5 Å². The lowest BCUT2D eigenvalue weighted by atomic mass is 9.99. The van der Waals surface area contributed by atoms with Crippen LogP contribution in [0.2, 0.25) is 39.3 Å². The smallest absolute Gasteiger partial charge is 0.446 e. The maximum Gasteiger partial charge on any atom is 0.521 e. The van der Waals surface area contributed by atoms with Gasteiger partial charge in [-0.3, -0.25) is 22.9 Å². The normalized spacial score (nSPS) is 19.1. The van der Waals surface area contributed by atoms with Crippen LogP contribution in [-0.4, -0.2) is 36.2 Å². The molecule has 20 heavy (non-hydrogen) atoms.